The summed E-state index contributed by atoms with van der Waals surface area (Å²) in [6.45, 7) is 0. The Morgan fingerprint density at radius 2 is 1.26 bits per heavy atom. The van der Waals surface area contributed by atoms with Crippen molar-refractivity contribution in [2.24, 2.45) is 0 Å². The summed E-state index contributed by atoms with van der Waals surface area (Å²) in [6.07, 6.45) is 0.365. The third-order valence-electron chi connectivity index (χ3n) is 3.85. The Kier molecular flexibility index (Phi) is 3.81. The van der Waals surface area contributed by atoms with Crippen LogP contribution in [-0.2, 0) is 6.42 Å². The zero-order valence-electron chi connectivity index (χ0n) is 12.2. The van der Waals surface area contributed by atoms with E-state index in [0.29, 0.717) is 17.4 Å². The lowest BCUT2D eigenvalue weighted by Gasteiger charge is -2.11. The minimum Gasteiger partial charge on any atom is -0.478 e. The Morgan fingerprint density at radius 1 is 0.696 bits per heavy atom. The van der Waals surface area contributed by atoms with E-state index in [-0.39, 0.29) is 11.1 Å². The van der Waals surface area contributed by atoms with Crippen molar-refractivity contribution in [1.29, 1.82) is 0 Å². The molecule has 3 aromatic carbocycles. The second-order valence-corrected chi connectivity index (χ2v) is 5.27. The van der Waals surface area contributed by atoms with E-state index in [1.165, 1.54) is 0 Å². The fourth-order valence-corrected chi connectivity index (χ4v) is 2.83. The number of hydrogen-bond acceptors (Lipinski definition) is 2. The molecule has 3 aromatic rings. The van der Waals surface area contributed by atoms with Gasteiger partial charge in [-0.1, -0.05) is 48.5 Å². The largest absolute Gasteiger partial charge is 0.478 e. The maximum atomic E-state index is 11.5. The Bertz CT molecular complexity index is 907. The van der Waals surface area contributed by atoms with Crippen molar-refractivity contribution in [1.82, 2.24) is 0 Å². The number of benzene rings is 3. The van der Waals surface area contributed by atoms with Gasteiger partial charge in [0.25, 0.3) is 0 Å². The van der Waals surface area contributed by atoms with Gasteiger partial charge in [0.2, 0.25) is 0 Å². The molecule has 0 aliphatic heterocycles. The van der Waals surface area contributed by atoms with Crippen molar-refractivity contribution in [2.75, 3.05) is 0 Å². The van der Waals surface area contributed by atoms with Crippen LogP contribution in [0.2, 0.25) is 0 Å². The van der Waals surface area contributed by atoms with E-state index < -0.39 is 11.9 Å². The first-order chi connectivity index (χ1) is 11.1. The predicted molar refractivity (Wildman–Crippen MR) is 87.1 cm³/mol. The van der Waals surface area contributed by atoms with E-state index >= 15 is 0 Å². The topological polar surface area (TPSA) is 74.6 Å². The summed E-state index contributed by atoms with van der Waals surface area (Å²) in [5.74, 6) is -1.98. The van der Waals surface area contributed by atoms with Crippen molar-refractivity contribution in [3.05, 3.63) is 82.9 Å². The van der Waals surface area contributed by atoms with E-state index in [1.807, 2.05) is 24.3 Å². The molecule has 0 fully saturated rings. The summed E-state index contributed by atoms with van der Waals surface area (Å²) >= 11 is 0. The van der Waals surface area contributed by atoms with Gasteiger partial charge in [0.1, 0.15) is 0 Å². The molecule has 0 atom stereocenters. The average Bonchev–Trinajstić information content (AvgIpc) is 2.54. The number of carboxylic acids is 2. The summed E-state index contributed by atoms with van der Waals surface area (Å²) < 4.78 is 0. The van der Waals surface area contributed by atoms with E-state index in [0.717, 1.165) is 10.9 Å². The van der Waals surface area contributed by atoms with Crippen LogP contribution in [0.5, 0.6) is 0 Å². The first-order valence-electron chi connectivity index (χ1n) is 7.13. The van der Waals surface area contributed by atoms with Crippen LogP contribution in [0.15, 0.2) is 60.7 Å². The van der Waals surface area contributed by atoms with Crippen LogP contribution in [-0.4, -0.2) is 22.2 Å². The van der Waals surface area contributed by atoms with Gasteiger partial charge in [-0.15, -0.1) is 0 Å². The standard InChI is InChI=1S/C19H14O4/c20-18(21)15-9-2-1-5-13(15)11-14-8-3-6-12-7-4-10-16(17(12)14)19(22)23/h1-10H,11H2,(H,20,21)(H,22,23). The zero-order valence-corrected chi connectivity index (χ0v) is 12.2. The fraction of sp³-hybridized carbons (Fsp3) is 0.0526. The number of hydrogen-bond donors (Lipinski definition) is 2. The minimum absolute atomic E-state index is 0.228. The van der Waals surface area contributed by atoms with Gasteiger partial charge in [0, 0.05) is 0 Å². The lowest BCUT2D eigenvalue weighted by atomic mass is 9.93. The van der Waals surface area contributed by atoms with Crippen LogP contribution in [0.1, 0.15) is 31.8 Å². The normalized spacial score (nSPS) is 10.6. The first kappa shape index (κ1) is 14.8. The Morgan fingerprint density at radius 3 is 1.96 bits per heavy atom. The highest BCUT2D eigenvalue weighted by Gasteiger charge is 2.14. The molecule has 23 heavy (non-hydrogen) atoms. The van der Waals surface area contributed by atoms with E-state index in [9.17, 15) is 19.8 Å². The SMILES string of the molecule is O=C(O)c1ccccc1Cc1cccc2cccc(C(=O)O)c12. The Balaban J connectivity index is 2.18. The molecule has 0 spiro atoms. The first-order valence-corrected chi connectivity index (χ1v) is 7.13. The van der Waals surface area contributed by atoms with Crippen LogP contribution in [0, 0.1) is 0 Å². The highest BCUT2D eigenvalue weighted by atomic mass is 16.4. The maximum absolute atomic E-state index is 11.5. The summed E-state index contributed by atoms with van der Waals surface area (Å²) in [7, 11) is 0. The second kappa shape index (κ2) is 5.93. The molecule has 2 N–H and O–H groups in total. The van der Waals surface area contributed by atoms with Crippen molar-refractivity contribution in [3.63, 3.8) is 0 Å². The molecular formula is C19H14O4. The lowest BCUT2D eigenvalue weighted by Crippen LogP contribution is -2.04. The van der Waals surface area contributed by atoms with Crippen molar-refractivity contribution < 1.29 is 19.8 Å². The highest BCUT2D eigenvalue weighted by Crippen LogP contribution is 2.26. The maximum Gasteiger partial charge on any atom is 0.336 e. The molecule has 3 rings (SSSR count). The van der Waals surface area contributed by atoms with Gasteiger partial charge < -0.3 is 10.2 Å². The van der Waals surface area contributed by atoms with Gasteiger partial charge in [0.05, 0.1) is 11.1 Å². The van der Waals surface area contributed by atoms with Crippen LogP contribution in [0.25, 0.3) is 10.8 Å². The predicted octanol–water partition coefficient (Wildman–Crippen LogP) is 3.83. The number of carboxylic acid groups (broad SMARTS) is 2. The van der Waals surface area contributed by atoms with Crippen molar-refractivity contribution in [3.8, 4) is 0 Å². The van der Waals surface area contributed by atoms with E-state index in [4.69, 9.17) is 0 Å². The number of aromatic carboxylic acids is 2. The molecule has 0 saturated carbocycles. The molecule has 0 amide bonds. The summed E-state index contributed by atoms with van der Waals surface area (Å²) in [4.78, 5) is 22.9. The molecule has 0 aliphatic carbocycles. The third-order valence-corrected chi connectivity index (χ3v) is 3.85. The molecule has 0 saturated heterocycles. The molecule has 0 bridgehead atoms. The van der Waals surface area contributed by atoms with Crippen molar-refractivity contribution >= 4 is 22.7 Å². The molecule has 4 heteroatoms. The smallest absolute Gasteiger partial charge is 0.336 e. The average molecular weight is 306 g/mol. The van der Waals surface area contributed by atoms with Gasteiger partial charge in [0.15, 0.2) is 0 Å². The molecule has 0 heterocycles. The molecular weight excluding hydrogens is 292 g/mol. The quantitative estimate of drug-likeness (QED) is 0.768. The van der Waals surface area contributed by atoms with Gasteiger partial charge in [-0.05, 0) is 40.5 Å². The Labute approximate surface area is 132 Å². The third kappa shape index (κ3) is 2.79. The lowest BCUT2D eigenvalue weighted by molar-refractivity contribution is 0.0686. The summed E-state index contributed by atoms with van der Waals surface area (Å²) in [5, 5.41) is 20.2. The van der Waals surface area contributed by atoms with Gasteiger partial charge in [-0.3, -0.25) is 0 Å². The van der Waals surface area contributed by atoms with E-state index in [1.54, 1.807) is 36.4 Å². The monoisotopic (exact) mass is 306 g/mol. The second-order valence-electron chi connectivity index (χ2n) is 5.27. The number of fused-ring (bicyclic) bond motifs is 1. The molecule has 114 valence electrons. The van der Waals surface area contributed by atoms with E-state index in [2.05, 4.69) is 0 Å². The highest BCUT2D eigenvalue weighted by molar-refractivity contribution is 6.05. The van der Waals surface area contributed by atoms with Crippen LogP contribution in [0.3, 0.4) is 0 Å². The van der Waals surface area contributed by atoms with Crippen LogP contribution in [0.4, 0.5) is 0 Å². The van der Waals surface area contributed by atoms with Gasteiger partial charge >= 0.3 is 11.9 Å². The molecule has 0 aromatic heterocycles. The minimum atomic E-state index is -0.991. The Hall–Kier alpha value is -3.14. The summed E-state index contributed by atoms with van der Waals surface area (Å²) in [5.41, 5.74) is 1.92. The van der Waals surface area contributed by atoms with Crippen LogP contribution >= 0.6 is 0 Å². The van der Waals surface area contributed by atoms with Gasteiger partial charge in [-0.25, -0.2) is 9.59 Å². The summed E-state index contributed by atoms with van der Waals surface area (Å²) in [6, 6.07) is 17.5. The number of carbonyl (C=O) groups is 2. The van der Waals surface area contributed by atoms with Crippen molar-refractivity contribution in [2.45, 2.75) is 6.42 Å². The molecule has 0 unspecified atom stereocenters. The number of rotatable bonds is 4. The zero-order chi connectivity index (χ0) is 16.4. The molecule has 0 aliphatic rings. The molecule has 4 nitrogen and oxygen atoms in total. The molecule has 0 radical (unpaired) electrons. The van der Waals surface area contributed by atoms with Gasteiger partial charge in [-0.2, -0.15) is 0 Å². The van der Waals surface area contributed by atoms with Crippen LogP contribution < -0.4 is 0 Å². The fourth-order valence-electron chi connectivity index (χ4n) is 2.83.